The average Bonchev–Trinajstić information content (AvgIpc) is 2.60. The van der Waals surface area contributed by atoms with Gasteiger partial charge in [0.25, 0.3) is 11.6 Å². The van der Waals surface area contributed by atoms with Gasteiger partial charge in [0, 0.05) is 32.3 Å². The highest BCUT2D eigenvalue weighted by Crippen LogP contribution is 2.26. The minimum atomic E-state index is -0.554. The molecule has 0 unspecified atom stereocenters. The highest BCUT2D eigenvalue weighted by molar-refractivity contribution is 5.95. The Morgan fingerprint density at radius 2 is 2.04 bits per heavy atom. The smallest absolute Gasteiger partial charge is 0.293 e. The van der Waals surface area contributed by atoms with E-state index in [-0.39, 0.29) is 23.5 Å². The van der Waals surface area contributed by atoms with E-state index in [4.69, 9.17) is 4.74 Å². The standard InChI is InChI=1S/C17H18FN3O4/c1-19-14-6-5-12(9-15(14)21(23)24)17(22)20(2)10-11-4-7-16(25-3)13(18)8-11/h4-9,19H,10H2,1-3H3. The lowest BCUT2D eigenvalue weighted by Gasteiger charge is -2.18. The van der Waals surface area contributed by atoms with Crippen molar-refractivity contribution in [3.8, 4) is 5.75 Å². The SMILES string of the molecule is CNc1ccc(C(=O)N(C)Cc2ccc(OC)c(F)c2)cc1[N+](=O)[O-]. The number of rotatable bonds is 6. The van der Waals surface area contributed by atoms with E-state index in [2.05, 4.69) is 5.32 Å². The molecule has 1 amide bonds. The first-order valence-electron chi connectivity index (χ1n) is 7.41. The molecule has 0 bridgehead atoms. The number of methoxy groups -OCH3 is 1. The van der Waals surface area contributed by atoms with E-state index in [0.717, 1.165) is 0 Å². The minimum absolute atomic E-state index is 0.121. The molecule has 2 aromatic carbocycles. The van der Waals surface area contributed by atoms with Crippen LogP contribution < -0.4 is 10.1 Å². The second kappa shape index (κ2) is 7.61. The summed E-state index contributed by atoms with van der Waals surface area (Å²) in [5, 5.41) is 13.8. The Hall–Kier alpha value is -3.16. The van der Waals surface area contributed by atoms with Crippen LogP contribution in [0.5, 0.6) is 5.75 Å². The molecule has 0 fully saturated rings. The number of nitro groups is 1. The quantitative estimate of drug-likeness (QED) is 0.641. The van der Waals surface area contributed by atoms with Gasteiger partial charge in [-0.25, -0.2) is 4.39 Å². The summed E-state index contributed by atoms with van der Waals surface area (Å²) in [5.41, 5.74) is 0.899. The minimum Gasteiger partial charge on any atom is -0.494 e. The molecule has 0 atom stereocenters. The van der Waals surface area contributed by atoms with Crippen molar-refractivity contribution in [1.29, 1.82) is 0 Å². The molecule has 0 aliphatic heterocycles. The van der Waals surface area contributed by atoms with E-state index in [0.29, 0.717) is 11.3 Å². The molecule has 2 aromatic rings. The van der Waals surface area contributed by atoms with Gasteiger partial charge in [-0.3, -0.25) is 14.9 Å². The predicted molar refractivity (Wildman–Crippen MR) is 91.4 cm³/mol. The van der Waals surface area contributed by atoms with Gasteiger partial charge in [0.05, 0.1) is 12.0 Å². The van der Waals surface area contributed by atoms with E-state index in [9.17, 15) is 19.3 Å². The summed E-state index contributed by atoms with van der Waals surface area (Å²) in [7, 11) is 4.48. The highest BCUT2D eigenvalue weighted by atomic mass is 19.1. The average molecular weight is 347 g/mol. The lowest BCUT2D eigenvalue weighted by molar-refractivity contribution is -0.384. The molecule has 0 spiro atoms. The summed E-state index contributed by atoms with van der Waals surface area (Å²) in [6, 6.07) is 8.63. The molecule has 0 radical (unpaired) electrons. The molecule has 1 N–H and O–H groups in total. The zero-order valence-electron chi connectivity index (χ0n) is 14.1. The van der Waals surface area contributed by atoms with E-state index in [1.807, 2.05) is 0 Å². The number of hydrogen-bond acceptors (Lipinski definition) is 5. The van der Waals surface area contributed by atoms with Crippen LogP contribution in [0, 0.1) is 15.9 Å². The molecule has 2 rings (SSSR count). The summed E-state index contributed by atoms with van der Waals surface area (Å²) >= 11 is 0. The molecular weight excluding hydrogens is 329 g/mol. The maximum absolute atomic E-state index is 13.7. The topological polar surface area (TPSA) is 84.7 Å². The molecule has 132 valence electrons. The first-order chi connectivity index (χ1) is 11.9. The van der Waals surface area contributed by atoms with Gasteiger partial charge >= 0.3 is 0 Å². The molecule has 0 heterocycles. The molecule has 25 heavy (non-hydrogen) atoms. The van der Waals surface area contributed by atoms with Crippen LogP contribution in [0.15, 0.2) is 36.4 Å². The van der Waals surface area contributed by atoms with Gasteiger partial charge in [0.15, 0.2) is 11.6 Å². The van der Waals surface area contributed by atoms with Gasteiger partial charge in [0.2, 0.25) is 0 Å². The van der Waals surface area contributed by atoms with Crippen molar-refractivity contribution in [2.75, 3.05) is 26.5 Å². The van der Waals surface area contributed by atoms with Crippen LogP contribution >= 0.6 is 0 Å². The Kier molecular flexibility index (Phi) is 5.53. The van der Waals surface area contributed by atoms with Crippen LogP contribution in [0.2, 0.25) is 0 Å². The maximum Gasteiger partial charge on any atom is 0.293 e. The van der Waals surface area contributed by atoms with Gasteiger partial charge in [-0.15, -0.1) is 0 Å². The summed E-state index contributed by atoms with van der Waals surface area (Å²) in [6.45, 7) is 0.154. The number of benzene rings is 2. The number of anilines is 1. The van der Waals surface area contributed by atoms with Gasteiger partial charge in [-0.1, -0.05) is 6.07 Å². The van der Waals surface area contributed by atoms with Crippen LogP contribution in [0.25, 0.3) is 0 Å². The third kappa shape index (κ3) is 4.03. The predicted octanol–water partition coefficient (Wildman–Crippen LogP) is 3.06. The van der Waals surface area contributed by atoms with E-state index < -0.39 is 16.6 Å². The highest BCUT2D eigenvalue weighted by Gasteiger charge is 2.19. The second-order valence-electron chi connectivity index (χ2n) is 5.37. The molecule has 0 saturated carbocycles. The first kappa shape index (κ1) is 18.2. The fourth-order valence-corrected chi connectivity index (χ4v) is 2.40. The number of amides is 1. The number of carbonyl (C=O) groups excluding carboxylic acids is 1. The summed E-state index contributed by atoms with van der Waals surface area (Å²) in [5.74, 6) is -0.798. The van der Waals surface area contributed by atoms with E-state index in [1.165, 1.54) is 42.3 Å². The summed E-state index contributed by atoms with van der Waals surface area (Å²) in [4.78, 5) is 24.4. The van der Waals surface area contributed by atoms with Gasteiger partial charge in [-0.05, 0) is 29.8 Å². The molecule has 7 nitrogen and oxygen atoms in total. The fraction of sp³-hybridized carbons (Fsp3) is 0.235. The number of hydrogen-bond donors (Lipinski definition) is 1. The van der Waals surface area contributed by atoms with Crippen molar-refractivity contribution in [3.05, 3.63) is 63.5 Å². The maximum atomic E-state index is 13.7. The Morgan fingerprint density at radius 3 is 2.60 bits per heavy atom. The number of ether oxygens (including phenoxy) is 1. The molecule has 0 aliphatic rings. The van der Waals surface area contributed by atoms with Crippen molar-refractivity contribution in [2.24, 2.45) is 0 Å². The van der Waals surface area contributed by atoms with Crippen LogP contribution in [-0.2, 0) is 6.54 Å². The lowest BCUT2D eigenvalue weighted by Crippen LogP contribution is -2.26. The zero-order chi connectivity index (χ0) is 18.6. The third-order valence-electron chi connectivity index (χ3n) is 3.69. The Balaban J connectivity index is 2.21. The lowest BCUT2D eigenvalue weighted by atomic mass is 10.1. The fourth-order valence-electron chi connectivity index (χ4n) is 2.40. The first-order valence-corrected chi connectivity index (χ1v) is 7.41. The van der Waals surface area contributed by atoms with Crippen LogP contribution in [0.3, 0.4) is 0 Å². The van der Waals surface area contributed by atoms with Crippen LogP contribution in [0.4, 0.5) is 15.8 Å². The van der Waals surface area contributed by atoms with Crippen molar-refractivity contribution in [3.63, 3.8) is 0 Å². The van der Waals surface area contributed by atoms with Gasteiger partial charge < -0.3 is 15.0 Å². The number of nitro benzene ring substituents is 1. The Morgan fingerprint density at radius 1 is 1.32 bits per heavy atom. The molecule has 0 aromatic heterocycles. The van der Waals surface area contributed by atoms with Gasteiger partial charge in [0.1, 0.15) is 5.69 Å². The van der Waals surface area contributed by atoms with E-state index >= 15 is 0 Å². The Bertz CT molecular complexity index is 810. The molecule has 0 aliphatic carbocycles. The zero-order valence-corrected chi connectivity index (χ0v) is 14.1. The largest absolute Gasteiger partial charge is 0.494 e. The number of nitrogens with zero attached hydrogens (tertiary/aromatic N) is 2. The van der Waals surface area contributed by atoms with E-state index in [1.54, 1.807) is 20.2 Å². The molecule has 8 heteroatoms. The molecular formula is C17H18FN3O4. The summed E-state index contributed by atoms with van der Waals surface area (Å²) in [6.07, 6.45) is 0. The monoisotopic (exact) mass is 347 g/mol. The molecule has 0 saturated heterocycles. The summed E-state index contributed by atoms with van der Waals surface area (Å²) < 4.78 is 18.6. The van der Waals surface area contributed by atoms with Crippen LogP contribution in [-0.4, -0.2) is 36.9 Å². The van der Waals surface area contributed by atoms with Crippen molar-refractivity contribution in [2.45, 2.75) is 6.54 Å². The third-order valence-corrected chi connectivity index (χ3v) is 3.69. The van der Waals surface area contributed by atoms with Gasteiger partial charge in [-0.2, -0.15) is 0 Å². The van der Waals surface area contributed by atoms with Crippen molar-refractivity contribution >= 4 is 17.3 Å². The Labute approximate surface area is 144 Å². The number of halogens is 1. The number of carbonyl (C=O) groups is 1. The second-order valence-corrected chi connectivity index (χ2v) is 5.37. The number of nitrogens with one attached hydrogen (secondary N) is 1. The van der Waals surface area contributed by atoms with Crippen molar-refractivity contribution in [1.82, 2.24) is 4.90 Å². The normalized spacial score (nSPS) is 10.2. The van der Waals surface area contributed by atoms with Crippen LogP contribution in [0.1, 0.15) is 15.9 Å². The van der Waals surface area contributed by atoms with Crippen molar-refractivity contribution < 1.29 is 18.8 Å².